The molecule has 2 aliphatic carbocycles. The normalized spacial score (nSPS) is 13.3. The van der Waals surface area contributed by atoms with E-state index in [1.165, 1.54) is 102 Å². The highest BCUT2D eigenvalue weighted by Gasteiger charge is 2.47. The molecule has 0 radical (unpaired) electrons. The molecule has 0 aliphatic heterocycles. The Kier molecular flexibility index (Phi) is 10.1. The first kappa shape index (κ1) is 39.6. The fourth-order valence-corrected chi connectivity index (χ4v) is 11.0. The van der Waals surface area contributed by atoms with E-state index in [9.17, 15) is 0 Å². The lowest BCUT2D eigenvalue weighted by atomic mass is 9.67. The molecule has 0 bridgehead atoms. The Labute approximate surface area is 389 Å². The average molecular weight is 844 g/mol. The molecule has 0 saturated heterocycles. The van der Waals surface area contributed by atoms with E-state index in [2.05, 4.69) is 254 Å². The lowest BCUT2D eigenvalue weighted by Gasteiger charge is -2.35. The predicted octanol–water partition coefficient (Wildman–Crippen LogP) is 17.1. The zero-order valence-electron chi connectivity index (χ0n) is 36.9. The zero-order chi connectivity index (χ0) is 43.9. The summed E-state index contributed by atoms with van der Waals surface area (Å²) in [4.78, 5) is 2.51. The minimum absolute atomic E-state index is 0.550. The first-order chi connectivity index (χ1) is 32.7. The molecule has 0 heterocycles. The molecule has 10 aromatic rings. The van der Waals surface area contributed by atoms with Crippen LogP contribution in [0.25, 0.3) is 55.6 Å². The minimum atomic E-state index is -0.550. The highest BCUT2D eigenvalue weighted by Crippen LogP contribution is 2.59. The van der Waals surface area contributed by atoms with E-state index in [0.29, 0.717) is 0 Å². The summed E-state index contributed by atoms with van der Waals surface area (Å²) >= 11 is 0. The van der Waals surface area contributed by atoms with Gasteiger partial charge in [0.2, 0.25) is 0 Å². The molecule has 314 valence electrons. The molecule has 0 amide bonds. The summed E-state index contributed by atoms with van der Waals surface area (Å²) in [6.45, 7) is 0. The van der Waals surface area contributed by atoms with Gasteiger partial charge in [-0.15, -0.1) is 0 Å². The second-order valence-corrected chi connectivity index (χ2v) is 17.8. The maximum atomic E-state index is 2.55. The molecule has 66 heavy (non-hydrogen) atoms. The summed E-state index contributed by atoms with van der Waals surface area (Å²) in [5, 5.41) is 0. The van der Waals surface area contributed by atoms with Crippen molar-refractivity contribution in [3.8, 4) is 55.6 Å². The van der Waals surface area contributed by atoms with Crippen molar-refractivity contribution >= 4 is 17.1 Å². The van der Waals surface area contributed by atoms with Crippen molar-refractivity contribution < 1.29 is 0 Å². The van der Waals surface area contributed by atoms with Gasteiger partial charge >= 0.3 is 0 Å². The molecule has 1 heteroatoms. The summed E-state index contributed by atoms with van der Waals surface area (Å²) in [5.74, 6) is 0. The van der Waals surface area contributed by atoms with Gasteiger partial charge in [-0.25, -0.2) is 0 Å². The van der Waals surface area contributed by atoms with Crippen molar-refractivity contribution in [3.63, 3.8) is 0 Å². The van der Waals surface area contributed by atoms with Crippen LogP contribution in [0.1, 0.15) is 46.2 Å². The maximum absolute atomic E-state index is 2.55. The number of rotatable bonds is 9. The number of anilines is 3. The van der Waals surface area contributed by atoms with Crippen LogP contribution in [0, 0.1) is 0 Å². The molecule has 1 nitrogen and oxygen atoms in total. The Morgan fingerprint density at radius 1 is 0.288 bits per heavy atom. The van der Waals surface area contributed by atoms with Crippen LogP contribution in [0.5, 0.6) is 0 Å². The van der Waals surface area contributed by atoms with Crippen molar-refractivity contribution in [2.24, 2.45) is 0 Å². The van der Waals surface area contributed by atoms with Crippen LogP contribution in [-0.2, 0) is 18.3 Å². The zero-order valence-corrected chi connectivity index (χ0v) is 36.9. The van der Waals surface area contributed by atoms with Gasteiger partial charge < -0.3 is 4.90 Å². The van der Waals surface area contributed by atoms with Crippen LogP contribution >= 0.6 is 0 Å². The highest BCUT2D eigenvalue weighted by molar-refractivity contribution is 5.97. The van der Waals surface area contributed by atoms with E-state index in [-0.39, 0.29) is 0 Å². The van der Waals surface area contributed by atoms with E-state index in [1.807, 2.05) is 0 Å². The van der Waals surface area contributed by atoms with E-state index in [4.69, 9.17) is 0 Å². The predicted molar refractivity (Wildman–Crippen MR) is 277 cm³/mol. The van der Waals surface area contributed by atoms with Gasteiger partial charge in [0.1, 0.15) is 0 Å². The van der Waals surface area contributed by atoms with Gasteiger partial charge in [0.15, 0.2) is 0 Å². The van der Waals surface area contributed by atoms with Crippen molar-refractivity contribution in [2.75, 3.05) is 4.90 Å². The second-order valence-electron chi connectivity index (χ2n) is 17.8. The third-order valence-corrected chi connectivity index (χ3v) is 14.2. The second kappa shape index (κ2) is 16.8. The lowest BCUT2D eigenvalue weighted by Crippen LogP contribution is -2.28. The Morgan fingerprint density at radius 2 is 0.742 bits per heavy atom. The third-order valence-electron chi connectivity index (χ3n) is 14.2. The fraction of sp³-hybridized carbons (Fsp3) is 0.0769. The van der Waals surface area contributed by atoms with Gasteiger partial charge in [0, 0.05) is 16.9 Å². The summed E-state index contributed by atoms with van der Waals surface area (Å²) in [6, 6.07) is 92.5. The van der Waals surface area contributed by atoms with Crippen molar-refractivity contribution in [3.05, 3.63) is 282 Å². The van der Waals surface area contributed by atoms with Gasteiger partial charge in [-0.05, 0) is 146 Å². The number of hydrogen-bond acceptors (Lipinski definition) is 1. The number of aryl methyl sites for hydroxylation is 2. The Hall–Kier alpha value is -8.00. The van der Waals surface area contributed by atoms with Crippen LogP contribution in [-0.4, -0.2) is 0 Å². The molecule has 0 aromatic heterocycles. The Bertz CT molecular complexity index is 3280. The first-order valence-electron chi connectivity index (χ1n) is 23.5. The van der Waals surface area contributed by atoms with Crippen LogP contribution in [0.4, 0.5) is 17.1 Å². The van der Waals surface area contributed by atoms with E-state index in [1.54, 1.807) is 0 Å². The number of benzene rings is 10. The van der Waals surface area contributed by atoms with E-state index < -0.39 is 5.41 Å². The van der Waals surface area contributed by atoms with E-state index in [0.717, 1.165) is 29.9 Å². The molecule has 0 saturated carbocycles. The standard InChI is InChI=1S/C65H49N/c1-5-19-46(20-6-1)48-35-39-55(40-36-48)66(56-41-37-50(38-42-56)58-30-16-15-29-57(58)49-22-7-2-8-23-49)64-45-63-61(44-60(64)52-34-33-47-21-13-14-24-51(47)43-52)59-31-17-18-32-62(59)65(63,53-25-9-3-10-26-53)54-27-11-4-12-28-54/h1-12,15-20,22-23,25-45H,13-14,21,24H2. The fourth-order valence-electron chi connectivity index (χ4n) is 11.0. The Morgan fingerprint density at radius 3 is 1.35 bits per heavy atom. The molecule has 0 unspecified atom stereocenters. The molecular weight excluding hydrogens is 795 g/mol. The smallest absolute Gasteiger partial charge is 0.0714 e. The summed E-state index contributed by atoms with van der Waals surface area (Å²) < 4.78 is 0. The van der Waals surface area contributed by atoms with Crippen molar-refractivity contribution in [1.82, 2.24) is 0 Å². The minimum Gasteiger partial charge on any atom is -0.310 e. The van der Waals surface area contributed by atoms with Crippen LogP contribution in [0.3, 0.4) is 0 Å². The largest absolute Gasteiger partial charge is 0.310 e. The molecule has 10 aromatic carbocycles. The molecule has 12 rings (SSSR count). The van der Waals surface area contributed by atoms with Crippen LogP contribution in [0.15, 0.2) is 249 Å². The lowest BCUT2D eigenvalue weighted by molar-refractivity contribution is 0.686. The summed E-state index contributed by atoms with van der Waals surface area (Å²) in [6.07, 6.45) is 4.76. The number of nitrogens with zero attached hydrogens (tertiary/aromatic N) is 1. The molecule has 0 N–H and O–H groups in total. The quantitative estimate of drug-likeness (QED) is 0.140. The summed E-state index contributed by atoms with van der Waals surface area (Å²) in [5.41, 5.74) is 23.2. The number of fused-ring (bicyclic) bond motifs is 4. The van der Waals surface area contributed by atoms with Crippen molar-refractivity contribution in [2.45, 2.75) is 31.1 Å². The van der Waals surface area contributed by atoms with Crippen LogP contribution in [0.2, 0.25) is 0 Å². The molecule has 0 fully saturated rings. The molecular formula is C65H49N. The van der Waals surface area contributed by atoms with Gasteiger partial charge in [0.05, 0.1) is 11.1 Å². The van der Waals surface area contributed by atoms with Crippen LogP contribution < -0.4 is 4.90 Å². The monoisotopic (exact) mass is 843 g/mol. The van der Waals surface area contributed by atoms with Gasteiger partial charge in [-0.2, -0.15) is 0 Å². The molecule has 2 aliphatic rings. The highest BCUT2D eigenvalue weighted by atomic mass is 15.1. The average Bonchev–Trinajstić information content (AvgIpc) is 3.69. The first-order valence-corrected chi connectivity index (χ1v) is 23.5. The van der Waals surface area contributed by atoms with E-state index >= 15 is 0 Å². The third kappa shape index (κ3) is 6.79. The molecule has 0 atom stereocenters. The van der Waals surface area contributed by atoms with Crippen molar-refractivity contribution in [1.29, 1.82) is 0 Å². The maximum Gasteiger partial charge on any atom is 0.0714 e. The Balaban J connectivity index is 1.13. The summed E-state index contributed by atoms with van der Waals surface area (Å²) in [7, 11) is 0. The van der Waals surface area contributed by atoms with Gasteiger partial charge in [-0.3, -0.25) is 0 Å². The van der Waals surface area contributed by atoms with Gasteiger partial charge in [0.25, 0.3) is 0 Å². The topological polar surface area (TPSA) is 3.24 Å². The molecule has 0 spiro atoms. The number of hydrogen-bond donors (Lipinski definition) is 0. The SMILES string of the molecule is c1ccc(-c2ccc(N(c3ccc(-c4ccccc4-c4ccccc4)cc3)c3cc4c(cc3-c3ccc5c(c3)CCCC5)-c3ccccc3C4(c3ccccc3)c3ccccc3)cc2)cc1. The van der Waals surface area contributed by atoms with Gasteiger partial charge in [-0.1, -0.05) is 212 Å².